The van der Waals surface area contributed by atoms with Crippen LogP contribution in [0.25, 0.3) is 0 Å². The second-order valence-corrected chi connectivity index (χ2v) is 3.35. The number of rotatable bonds is 0. The number of likely N-dealkylation sites (N-methyl/N-ethyl adjacent to an activating group) is 1. The molecule has 0 bridgehead atoms. The van der Waals surface area contributed by atoms with Crippen LogP contribution in [-0.4, -0.2) is 34.4 Å². The molecule has 1 fully saturated rings. The maximum Gasteiger partial charge on any atom is 0.296 e. The van der Waals surface area contributed by atoms with Crippen molar-refractivity contribution < 1.29 is 4.87 Å². The summed E-state index contributed by atoms with van der Waals surface area (Å²) >= 11 is 5.75. The lowest BCUT2D eigenvalue weighted by Crippen LogP contribution is -2.20. The molecule has 64 valence electrons. The first-order valence-corrected chi connectivity index (χ1v) is 4.04. The molecule has 12 heavy (non-hydrogen) atoms. The molecule has 0 N–H and O–H groups in total. The largest absolute Gasteiger partial charge is 0.296 e. The molecule has 0 radical (unpaired) electrons. The van der Waals surface area contributed by atoms with Crippen molar-refractivity contribution in [2.45, 2.75) is 0 Å². The Balaban J connectivity index is 2.36. The van der Waals surface area contributed by atoms with Crippen molar-refractivity contribution in [1.82, 2.24) is 9.43 Å². The van der Waals surface area contributed by atoms with Crippen LogP contribution >= 0.6 is 11.8 Å². The summed E-state index contributed by atoms with van der Waals surface area (Å²) < 4.78 is 1.55. The van der Waals surface area contributed by atoms with Crippen molar-refractivity contribution in [3.05, 3.63) is 28.5 Å². The number of halogens is 1. The van der Waals surface area contributed by atoms with E-state index in [4.69, 9.17) is 11.8 Å². The molecule has 2 aliphatic heterocycles. The fourth-order valence-corrected chi connectivity index (χ4v) is 1.60. The number of nitrogens with zero attached hydrogens (tertiary/aromatic N) is 3. The predicted molar refractivity (Wildman–Crippen MR) is 45.0 cm³/mol. The molecule has 0 aromatic rings. The van der Waals surface area contributed by atoms with Crippen LogP contribution < -0.4 is 0 Å². The minimum Gasteiger partial charge on any atom is -0.288 e. The zero-order valence-corrected chi connectivity index (χ0v) is 7.45. The molecule has 5 heteroatoms. The molecule has 0 saturated carbocycles. The maximum atomic E-state index is 11.3. The molecule has 4 nitrogen and oxygen atoms in total. The first kappa shape index (κ1) is 7.61. The van der Waals surface area contributed by atoms with Crippen LogP contribution in [0.15, 0.2) is 23.5 Å². The van der Waals surface area contributed by atoms with Crippen molar-refractivity contribution in [3.63, 3.8) is 0 Å². The zero-order chi connectivity index (χ0) is 8.72. The molecule has 1 saturated heterocycles. The van der Waals surface area contributed by atoms with E-state index in [1.807, 2.05) is 6.08 Å². The van der Waals surface area contributed by atoms with E-state index in [0.717, 1.165) is 16.1 Å². The quantitative estimate of drug-likeness (QED) is 0.415. The predicted octanol–water partition coefficient (Wildman–Crippen LogP) is 0.863. The second kappa shape index (κ2) is 2.48. The minimum atomic E-state index is 0.590. The van der Waals surface area contributed by atoms with Crippen LogP contribution in [0.1, 0.15) is 0 Å². The summed E-state index contributed by atoms with van der Waals surface area (Å²) in [7, 11) is 1.76. The molecule has 0 amide bonds. The van der Waals surface area contributed by atoms with Crippen LogP contribution in [0.4, 0.5) is 0 Å². The summed E-state index contributed by atoms with van der Waals surface area (Å²) in [4.78, 5) is 12.2. The van der Waals surface area contributed by atoms with Crippen LogP contribution in [0.2, 0.25) is 0 Å². The molecule has 0 aliphatic carbocycles. The average molecular weight is 187 g/mol. The lowest BCUT2D eigenvalue weighted by Gasteiger charge is -2.10. The van der Waals surface area contributed by atoms with Gasteiger partial charge in [0, 0.05) is 24.1 Å². The third-order valence-electron chi connectivity index (χ3n) is 2.00. The highest BCUT2D eigenvalue weighted by Crippen LogP contribution is 2.25. The van der Waals surface area contributed by atoms with Gasteiger partial charge >= 0.3 is 0 Å². The minimum absolute atomic E-state index is 0.590. The van der Waals surface area contributed by atoms with Gasteiger partial charge in [-0.3, -0.25) is 4.42 Å². The second-order valence-electron chi connectivity index (χ2n) is 2.91. The van der Waals surface area contributed by atoms with E-state index in [0.29, 0.717) is 13.1 Å². The van der Waals surface area contributed by atoms with Gasteiger partial charge in [-0.15, -0.1) is 5.01 Å². The van der Waals surface area contributed by atoms with Crippen molar-refractivity contribution in [1.29, 1.82) is 0 Å². The van der Waals surface area contributed by atoms with Crippen LogP contribution in [0, 0.1) is 4.91 Å². The van der Waals surface area contributed by atoms with E-state index in [9.17, 15) is 4.91 Å². The van der Waals surface area contributed by atoms with E-state index in [1.165, 1.54) is 0 Å². The Bertz CT molecular complexity index is 297. The van der Waals surface area contributed by atoms with Gasteiger partial charge in [-0.2, -0.15) is 0 Å². The molecule has 0 spiro atoms. The highest BCUT2D eigenvalue weighted by Gasteiger charge is 2.38. The van der Waals surface area contributed by atoms with E-state index in [-0.39, 0.29) is 0 Å². The Labute approximate surface area is 75.3 Å². The van der Waals surface area contributed by atoms with Crippen molar-refractivity contribution in [3.8, 4) is 0 Å². The molecule has 0 atom stereocenters. The third kappa shape index (κ3) is 0.992. The number of nitroso groups, excluding NO2 is 1. The number of hydrogen-bond acceptors (Lipinski definition) is 2. The van der Waals surface area contributed by atoms with Gasteiger partial charge < -0.3 is 0 Å². The smallest absolute Gasteiger partial charge is 0.288 e. The Morgan fingerprint density at radius 1 is 1.67 bits per heavy atom. The molecule has 0 aromatic carbocycles. The van der Waals surface area contributed by atoms with Gasteiger partial charge in [0.1, 0.15) is 6.54 Å². The summed E-state index contributed by atoms with van der Waals surface area (Å²) in [6, 6.07) is 0. The third-order valence-corrected chi connectivity index (χ3v) is 2.23. The summed E-state index contributed by atoms with van der Waals surface area (Å²) in [5.74, 6) is 0. The van der Waals surface area contributed by atoms with Gasteiger partial charge in [-0.05, 0) is 0 Å². The Morgan fingerprint density at radius 2 is 2.42 bits per heavy atom. The van der Waals surface area contributed by atoms with Gasteiger partial charge in [0.25, 0.3) is 5.70 Å². The average Bonchev–Trinajstić information content (AvgIpc) is 2.28. The van der Waals surface area contributed by atoms with E-state index < -0.39 is 0 Å². The van der Waals surface area contributed by atoms with E-state index in [2.05, 4.69) is 0 Å². The molecule has 2 aliphatic rings. The molecule has 0 unspecified atom stereocenters. The molecule has 0 aromatic heterocycles. The number of hydrogen-bond donors (Lipinski definition) is 0. The van der Waals surface area contributed by atoms with Gasteiger partial charge in [0.15, 0.2) is 4.87 Å². The fraction of sp³-hybridized carbons (Fsp3) is 0.429. The normalized spacial score (nSPS) is 22.3. The Kier molecular flexibility index (Phi) is 1.58. The molecule has 2 heterocycles. The fourth-order valence-electron chi connectivity index (χ4n) is 1.41. The first-order chi connectivity index (χ1) is 5.68. The van der Waals surface area contributed by atoms with Crippen LogP contribution in [0.5, 0.6) is 0 Å². The van der Waals surface area contributed by atoms with Gasteiger partial charge in [0.05, 0.1) is 24.1 Å². The molecular weight excluding hydrogens is 178 g/mol. The van der Waals surface area contributed by atoms with Crippen LogP contribution in [-0.2, 0) is 0 Å². The number of hydrazine groups is 1. The summed E-state index contributed by atoms with van der Waals surface area (Å²) in [6.07, 6.45) is 3.63. The highest BCUT2D eigenvalue weighted by atomic mass is 35.5. The molecular formula is C7H9ClN3O+. The molecule has 2 rings (SSSR count). The van der Waals surface area contributed by atoms with Crippen LogP contribution in [0.3, 0.4) is 0 Å². The zero-order valence-electron chi connectivity index (χ0n) is 6.70. The first-order valence-electron chi connectivity index (χ1n) is 3.70. The maximum absolute atomic E-state index is 11.3. The topological polar surface area (TPSA) is 26.6 Å². The summed E-state index contributed by atoms with van der Waals surface area (Å²) in [5.41, 5.74) is 1.71. The van der Waals surface area contributed by atoms with E-state index >= 15 is 0 Å². The van der Waals surface area contributed by atoms with Crippen molar-refractivity contribution in [2.24, 2.45) is 0 Å². The highest BCUT2D eigenvalue weighted by molar-refractivity contribution is 6.14. The monoisotopic (exact) mass is 186 g/mol. The number of fused-ring (bicyclic) bond motifs is 1. The standard InChI is InChI=1S/C7H9ClN3O/c1-9-4-6-5-10(8)3-2-7(6)11(9)12/h2,5H,3-4H2,1H3/q+1. The Hall–Kier alpha value is -1.03. The lowest BCUT2D eigenvalue weighted by atomic mass is 10.2. The van der Waals surface area contributed by atoms with Gasteiger partial charge in [-0.25, -0.2) is 0 Å². The van der Waals surface area contributed by atoms with Crippen molar-refractivity contribution in [2.75, 3.05) is 20.1 Å². The SMILES string of the molecule is CN1CC2=CN(Cl)CC=C2[N+]1=O. The van der Waals surface area contributed by atoms with Gasteiger partial charge in [0.2, 0.25) is 0 Å². The summed E-state index contributed by atoms with van der Waals surface area (Å²) in [5, 5.41) is 1.60. The van der Waals surface area contributed by atoms with E-state index in [1.54, 1.807) is 22.7 Å². The van der Waals surface area contributed by atoms with Gasteiger partial charge in [-0.1, -0.05) is 0 Å². The van der Waals surface area contributed by atoms with Crippen molar-refractivity contribution >= 4 is 11.8 Å². The summed E-state index contributed by atoms with van der Waals surface area (Å²) in [6.45, 7) is 1.23. The lowest BCUT2D eigenvalue weighted by molar-refractivity contribution is -0.643. The Morgan fingerprint density at radius 3 is 3.17 bits per heavy atom.